The summed E-state index contributed by atoms with van der Waals surface area (Å²) in [5.74, 6) is 2.00. The molecule has 0 fully saturated rings. The Labute approximate surface area is 164 Å². The molecule has 2 N–H and O–H groups in total. The van der Waals surface area contributed by atoms with Crippen molar-refractivity contribution in [3.8, 4) is 11.5 Å². The molecule has 0 aliphatic rings. The van der Waals surface area contributed by atoms with Crippen molar-refractivity contribution in [2.75, 3.05) is 19.0 Å². The fourth-order valence-corrected chi connectivity index (χ4v) is 2.62. The first-order valence-corrected chi connectivity index (χ1v) is 9.05. The summed E-state index contributed by atoms with van der Waals surface area (Å²) >= 11 is 0. The van der Waals surface area contributed by atoms with Crippen molar-refractivity contribution in [1.82, 2.24) is 10.3 Å². The maximum atomic E-state index is 12.3. The lowest BCUT2D eigenvalue weighted by molar-refractivity contribution is 0.0950. The number of methoxy groups -OCH3 is 1. The van der Waals surface area contributed by atoms with Crippen LogP contribution < -0.4 is 20.1 Å². The summed E-state index contributed by atoms with van der Waals surface area (Å²) < 4.78 is 10.7. The van der Waals surface area contributed by atoms with Gasteiger partial charge < -0.3 is 20.1 Å². The van der Waals surface area contributed by atoms with Crippen LogP contribution in [0.1, 0.15) is 22.8 Å². The highest BCUT2D eigenvalue weighted by Crippen LogP contribution is 2.26. The molecule has 0 saturated heterocycles. The zero-order chi connectivity index (χ0) is 19.8. The maximum absolute atomic E-state index is 12.3. The molecule has 0 aliphatic carbocycles. The third-order valence-corrected chi connectivity index (χ3v) is 4.09. The van der Waals surface area contributed by atoms with Gasteiger partial charge in [0, 0.05) is 12.7 Å². The van der Waals surface area contributed by atoms with E-state index in [0.29, 0.717) is 24.5 Å². The summed E-state index contributed by atoms with van der Waals surface area (Å²) in [5.41, 5.74) is 2.32. The average molecular weight is 377 g/mol. The molecule has 0 atom stereocenters. The second-order valence-corrected chi connectivity index (χ2v) is 6.02. The van der Waals surface area contributed by atoms with Crippen LogP contribution in [-0.2, 0) is 6.54 Å². The summed E-state index contributed by atoms with van der Waals surface area (Å²) in [6.07, 6.45) is 1.55. The van der Waals surface area contributed by atoms with E-state index in [1.807, 2.05) is 55.5 Å². The van der Waals surface area contributed by atoms with Crippen LogP contribution in [0.2, 0.25) is 0 Å². The Hall–Kier alpha value is -3.54. The number of benzene rings is 2. The van der Waals surface area contributed by atoms with Crippen LogP contribution in [0.3, 0.4) is 0 Å². The minimum atomic E-state index is -0.176. The third kappa shape index (κ3) is 5.01. The monoisotopic (exact) mass is 377 g/mol. The normalized spacial score (nSPS) is 10.2. The second-order valence-electron chi connectivity index (χ2n) is 6.02. The van der Waals surface area contributed by atoms with Gasteiger partial charge in [0.15, 0.2) is 0 Å². The number of carbonyl (C=O) groups excluding carboxylic acids is 1. The predicted octanol–water partition coefficient (Wildman–Crippen LogP) is 4.16. The van der Waals surface area contributed by atoms with Crippen molar-refractivity contribution in [2.45, 2.75) is 13.5 Å². The summed E-state index contributed by atoms with van der Waals surface area (Å²) in [4.78, 5) is 16.7. The number of carbonyl (C=O) groups is 1. The molecule has 0 saturated carbocycles. The summed E-state index contributed by atoms with van der Waals surface area (Å²) in [6, 6.07) is 18.7. The SMILES string of the molecule is CCOc1ccccc1Nc1ccc(C(=O)NCc2ccc(OC)cc2)cn1. The van der Waals surface area contributed by atoms with E-state index >= 15 is 0 Å². The molecule has 144 valence electrons. The molecule has 28 heavy (non-hydrogen) atoms. The number of hydrogen-bond donors (Lipinski definition) is 2. The molecule has 2 aromatic carbocycles. The number of ether oxygens (including phenoxy) is 2. The lowest BCUT2D eigenvalue weighted by atomic mass is 10.2. The first-order valence-electron chi connectivity index (χ1n) is 9.05. The van der Waals surface area contributed by atoms with Crippen LogP contribution >= 0.6 is 0 Å². The zero-order valence-electron chi connectivity index (χ0n) is 15.9. The van der Waals surface area contributed by atoms with E-state index in [9.17, 15) is 4.79 Å². The van der Waals surface area contributed by atoms with Crippen molar-refractivity contribution in [3.05, 3.63) is 78.0 Å². The van der Waals surface area contributed by atoms with Gasteiger partial charge in [-0.2, -0.15) is 0 Å². The summed E-state index contributed by atoms with van der Waals surface area (Å²) in [6.45, 7) is 2.96. The van der Waals surface area contributed by atoms with Crippen molar-refractivity contribution < 1.29 is 14.3 Å². The number of nitrogens with one attached hydrogen (secondary N) is 2. The Morgan fingerprint density at radius 1 is 1.04 bits per heavy atom. The van der Waals surface area contributed by atoms with Gasteiger partial charge in [-0.05, 0) is 48.9 Å². The molecule has 0 spiro atoms. The van der Waals surface area contributed by atoms with Crippen LogP contribution in [0, 0.1) is 0 Å². The van der Waals surface area contributed by atoms with E-state index in [4.69, 9.17) is 9.47 Å². The topological polar surface area (TPSA) is 72.5 Å². The van der Waals surface area contributed by atoms with Crippen LogP contribution in [-0.4, -0.2) is 24.6 Å². The highest BCUT2D eigenvalue weighted by Gasteiger charge is 2.08. The molecule has 1 aromatic heterocycles. The molecule has 0 aliphatic heterocycles. The van der Waals surface area contributed by atoms with Crippen LogP contribution in [0.15, 0.2) is 66.9 Å². The van der Waals surface area contributed by atoms with Crippen molar-refractivity contribution in [2.24, 2.45) is 0 Å². The number of para-hydroxylation sites is 2. The number of nitrogens with zero attached hydrogens (tertiary/aromatic N) is 1. The molecule has 0 radical (unpaired) electrons. The van der Waals surface area contributed by atoms with E-state index in [1.54, 1.807) is 25.4 Å². The molecule has 6 heteroatoms. The minimum absolute atomic E-state index is 0.176. The minimum Gasteiger partial charge on any atom is -0.497 e. The second kappa shape index (κ2) is 9.41. The average Bonchev–Trinajstić information content (AvgIpc) is 2.74. The highest BCUT2D eigenvalue weighted by atomic mass is 16.5. The molecule has 3 rings (SSSR count). The number of aromatic nitrogens is 1. The van der Waals surface area contributed by atoms with Crippen molar-refractivity contribution >= 4 is 17.4 Å². The van der Waals surface area contributed by atoms with Gasteiger partial charge in [-0.15, -0.1) is 0 Å². The highest BCUT2D eigenvalue weighted by molar-refractivity contribution is 5.94. The Morgan fingerprint density at radius 3 is 2.50 bits per heavy atom. The maximum Gasteiger partial charge on any atom is 0.253 e. The Morgan fingerprint density at radius 2 is 1.82 bits per heavy atom. The molecule has 1 amide bonds. The van der Waals surface area contributed by atoms with Crippen molar-refractivity contribution in [1.29, 1.82) is 0 Å². The number of hydrogen-bond acceptors (Lipinski definition) is 5. The Kier molecular flexibility index (Phi) is 6.46. The predicted molar refractivity (Wildman–Crippen MR) is 109 cm³/mol. The molecular formula is C22H23N3O3. The Bertz CT molecular complexity index is 909. The number of amides is 1. The largest absolute Gasteiger partial charge is 0.497 e. The van der Waals surface area contributed by atoms with Gasteiger partial charge >= 0.3 is 0 Å². The van der Waals surface area contributed by atoms with E-state index in [-0.39, 0.29) is 5.91 Å². The van der Waals surface area contributed by atoms with Crippen LogP contribution in [0.25, 0.3) is 0 Å². The molecule has 0 unspecified atom stereocenters. The first-order chi connectivity index (χ1) is 13.7. The standard InChI is InChI=1S/C22H23N3O3/c1-3-28-20-7-5-4-6-19(20)25-21-13-10-17(15-23-21)22(26)24-14-16-8-11-18(27-2)12-9-16/h4-13,15H,3,14H2,1-2H3,(H,23,25)(H,24,26). The first kappa shape index (κ1) is 19.2. The quantitative estimate of drug-likeness (QED) is 0.617. The van der Waals surface area contributed by atoms with Gasteiger partial charge in [-0.1, -0.05) is 24.3 Å². The number of rotatable bonds is 8. The molecule has 6 nitrogen and oxygen atoms in total. The fourth-order valence-electron chi connectivity index (χ4n) is 2.62. The van der Waals surface area contributed by atoms with Gasteiger partial charge in [0.2, 0.25) is 0 Å². The summed E-state index contributed by atoms with van der Waals surface area (Å²) in [7, 11) is 1.62. The third-order valence-electron chi connectivity index (χ3n) is 4.09. The smallest absolute Gasteiger partial charge is 0.253 e. The van der Waals surface area contributed by atoms with Crippen LogP contribution in [0.4, 0.5) is 11.5 Å². The van der Waals surface area contributed by atoms with E-state index in [1.165, 1.54) is 0 Å². The van der Waals surface area contributed by atoms with E-state index < -0.39 is 0 Å². The molecule has 3 aromatic rings. The van der Waals surface area contributed by atoms with E-state index in [0.717, 1.165) is 22.7 Å². The van der Waals surface area contributed by atoms with Gasteiger partial charge in [-0.25, -0.2) is 4.98 Å². The number of pyridine rings is 1. The van der Waals surface area contributed by atoms with Gasteiger partial charge in [0.05, 0.1) is 25.0 Å². The molecule has 1 heterocycles. The van der Waals surface area contributed by atoms with Crippen LogP contribution in [0.5, 0.6) is 11.5 Å². The number of anilines is 2. The van der Waals surface area contributed by atoms with Gasteiger partial charge in [-0.3, -0.25) is 4.79 Å². The Balaban J connectivity index is 1.59. The van der Waals surface area contributed by atoms with Gasteiger partial charge in [0.1, 0.15) is 17.3 Å². The van der Waals surface area contributed by atoms with E-state index in [2.05, 4.69) is 15.6 Å². The molecule has 0 bridgehead atoms. The van der Waals surface area contributed by atoms with Crippen molar-refractivity contribution in [3.63, 3.8) is 0 Å². The lowest BCUT2D eigenvalue weighted by Crippen LogP contribution is -2.22. The summed E-state index contributed by atoms with van der Waals surface area (Å²) in [5, 5.41) is 6.10. The molecular weight excluding hydrogens is 354 g/mol. The lowest BCUT2D eigenvalue weighted by Gasteiger charge is -2.12. The fraction of sp³-hybridized carbons (Fsp3) is 0.182. The zero-order valence-corrected chi connectivity index (χ0v) is 15.9. The van der Waals surface area contributed by atoms with Gasteiger partial charge in [0.25, 0.3) is 5.91 Å².